The number of methoxy groups -OCH3 is 2. The van der Waals surface area contributed by atoms with E-state index in [9.17, 15) is 4.79 Å². The highest BCUT2D eigenvalue weighted by Gasteiger charge is 2.19. The molecule has 0 radical (unpaired) electrons. The molecule has 0 saturated carbocycles. The number of hydrogen-bond donors (Lipinski definition) is 2. The molecule has 0 aliphatic carbocycles. The zero-order valence-corrected chi connectivity index (χ0v) is 15.3. The topological polar surface area (TPSA) is 78.1 Å². The molecule has 0 fully saturated rings. The van der Waals surface area contributed by atoms with Crippen LogP contribution in [0.5, 0.6) is 23.0 Å². The van der Waals surface area contributed by atoms with E-state index in [2.05, 4.69) is 10.6 Å². The van der Waals surface area contributed by atoms with Crippen LogP contribution in [0.25, 0.3) is 0 Å². The molecule has 138 valence electrons. The van der Waals surface area contributed by atoms with Gasteiger partial charge < -0.3 is 29.6 Å². The summed E-state index contributed by atoms with van der Waals surface area (Å²) in [5, 5.41) is 6.34. The molecule has 1 atom stereocenters. The van der Waals surface area contributed by atoms with E-state index < -0.39 is 6.04 Å². The summed E-state index contributed by atoms with van der Waals surface area (Å²) in [4.78, 5) is 12.5. The molecule has 7 nitrogen and oxygen atoms in total. The first-order valence-corrected chi connectivity index (χ1v) is 8.28. The highest BCUT2D eigenvalue weighted by atomic mass is 35.5. The molecular formula is C18H19ClN2O5. The number of rotatable bonds is 6. The number of amides is 1. The third kappa shape index (κ3) is 3.72. The number of ether oxygens (including phenoxy) is 4. The molecular weight excluding hydrogens is 360 g/mol. The number of carbonyl (C=O) groups is 1. The first-order chi connectivity index (χ1) is 12.5. The minimum Gasteiger partial charge on any atom is -0.495 e. The Morgan fingerprint density at radius 1 is 1.12 bits per heavy atom. The van der Waals surface area contributed by atoms with E-state index in [4.69, 9.17) is 30.5 Å². The van der Waals surface area contributed by atoms with Crippen molar-refractivity contribution in [3.05, 3.63) is 35.4 Å². The molecule has 0 saturated heterocycles. The lowest BCUT2D eigenvalue weighted by Gasteiger charge is -2.18. The molecule has 1 heterocycles. The first-order valence-electron chi connectivity index (χ1n) is 7.90. The van der Waals surface area contributed by atoms with Crippen molar-refractivity contribution in [2.24, 2.45) is 0 Å². The monoisotopic (exact) mass is 378 g/mol. The number of fused-ring (bicyclic) bond motifs is 1. The number of anilines is 2. The highest BCUT2D eigenvalue weighted by molar-refractivity contribution is 6.32. The summed E-state index contributed by atoms with van der Waals surface area (Å²) in [6.45, 7) is 1.92. The van der Waals surface area contributed by atoms with Crippen LogP contribution < -0.4 is 29.6 Å². The number of benzene rings is 2. The molecule has 8 heteroatoms. The normalized spacial score (nSPS) is 13.1. The smallest absolute Gasteiger partial charge is 0.246 e. The van der Waals surface area contributed by atoms with Gasteiger partial charge in [-0.05, 0) is 25.1 Å². The van der Waals surface area contributed by atoms with Crippen LogP contribution in [0.2, 0.25) is 5.02 Å². The highest BCUT2D eigenvalue weighted by Crippen LogP contribution is 2.36. The molecule has 1 aliphatic heterocycles. The summed E-state index contributed by atoms with van der Waals surface area (Å²) >= 11 is 6.16. The van der Waals surface area contributed by atoms with E-state index in [1.54, 1.807) is 37.3 Å². The molecule has 0 unspecified atom stereocenters. The summed E-state index contributed by atoms with van der Waals surface area (Å²) < 4.78 is 21.1. The van der Waals surface area contributed by atoms with Crippen LogP contribution in [0, 0.1) is 0 Å². The van der Waals surface area contributed by atoms with Gasteiger partial charge in [0.1, 0.15) is 17.5 Å². The van der Waals surface area contributed by atoms with Crippen molar-refractivity contribution >= 4 is 28.9 Å². The average Bonchev–Trinajstić information content (AvgIpc) is 3.09. The Labute approximate surface area is 156 Å². The Bertz CT molecular complexity index is 827. The van der Waals surface area contributed by atoms with Crippen LogP contribution in [0.15, 0.2) is 30.3 Å². The maximum atomic E-state index is 12.5. The van der Waals surface area contributed by atoms with Gasteiger partial charge in [-0.15, -0.1) is 0 Å². The van der Waals surface area contributed by atoms with Crippen LogP contribution in [0.1, 0.15) is 6.92 Å². The predicted octanol–water partition coefficient (Wildman–Crippen LogP) is 3.53. The lowest BCUT2D eigenvalue weighted by atomic mass is 10.2. The molecule has 0 aromatic heterocycles. The Morgan fingerprint density at radius 2 is 1.85 bits per heavy atom. The molecule has 2 N–H and O–H groups in total. The van der Waals surface area contributed by atoms with Crippen LogP contribution in [-0.2, 0) is 4.79 Å². The van der Waals surface area contributed by atoms with Gasteiger partial charge in [-0.2, -0.15) is 0 Å². The van der Waals surface area contributed by atoms with Crippen molar-refractivity contribution in [2.75, 3.05) is 31.6 Å². The Morgan fingerprint density at radius 3 is 2.58 bits per heavy atom. The van der Waals surface area contributed by atoms with Crippen LogP contribution in [0.4, 0.5) is 11.4 Å². The zero-order valence-electron chi connectivity index (χ0n) is 14.6. The lowest BCUT2D eigenvalue weighted by Crippen LogP contribution is -2.32. The molecule has 3 rings (SSSR count). The van der Waals surface area contributed by atoms with Crippen molar-refractivity contribution in [1.29, 1.82) is 0 Å². The van der Waals surface area contributed by atoms with Gasteiger partial charge >= 0.3 is 0 Å². The van der Waals surface area contributed by atoms with Gasteiger partial charge in [0.05, 0.1) is 24.9 Å². The van der Waals surface area contributed by atoms with E-state index in [-0.39, 0.29) is 12.7 Å². The quantitative estimate of drug-likeness (QED) is 0.800. The van der Waals surface area contributed by atoms with Crippen molar-refractivity contribution in [3.63, 3.8) is 0 Å². The van der Waals surface area contributed by atoms with Gasteiger partial charge in [0, 0.05) is 17.8 Å². The minimum absolute atomic E-state index is 0.183. The van der Waals surface area contributed by atoms with E-state index in [1.807, 2.05) is 0 Å². The van der Waals surface area contributed by atoms with E-state index >= 15 is 0 Å². The van der Waals surface area contributed by atoms with E-state index in [0.29, 0.717) is 39.4 Å². The van der Waals surface area contributed by atoms with Gasteiger partial charge in [-0.1, -0.05) is 11.6 Å². The number of halogens is 1. The first kappa shape index (κ1) is 18.0. The van der Waals surface area contributed by atoms with E-state index in [1.165, 1.54) is 14.2 Å². The van der Waals surface area contributed by atoms with Crippen molar-refractivity contribution in [2.45, 2.75) is 13.0 Å². The van der Waals surface area contributed by atoms with Gasteiger partial charge in [-0.25, -0.2) is 0 Å². The fourth-order valence-electron chi connectivity index (χ4n) is 2.50. The standard InChI is InChI=1S/C18H19ClN2O5/c1-10(20-13-7-12(19)15(23-2)8-16(13)24-3)18(22)21-11-4-5-14-17(6-11)26-9-25-14/h4-8,10,20H,9H2,1-3H3,(H,21,22)/t10-/m0/s1. The van der Waals surface area contributed by atoms with Gasteiger partial charge in [-0.3, -0.25) is 4.79 Å². The SMILES string of the molecule is COc1cc(OC)c(N[C@@H](C)C(=O)Nc2ccc3c(c2)OCO3)cc1Cl. The average molecular weight is 379 g/mol. The zero-order chi connectivity index (χ0) is 18.7. The molecule has 2 aromatic carbocycles. The fourth-order valence-corrected chi connectivity index (χ4v) is 2.74. The Balaban J connectivity index is 1.70. The summed E-state index contributed by atoms with van der Waals surface area (Å²) in [6.07, 6.45) is 0. The second-order valence-electron chi connectivity index (χ2n) is 5.61. The molecule has 2 aromatic rings. The maximum Gasteiger partial charge on any atom is 0.246 e. The summed E-state index contributed by atoms with van der Waals surface area (Å²) in [5.74, 6) is 2.05. The third-order valence-corrected chi connectivity index (χ3v) is 4.17. The van der Waals surface area contributed by atoms with Gasteiger partial charge in [0.25, 0.3) is 0 Å². The minimum atomic E-state index is -0.543. The molecule has 26 heavy (non-hydrogen) atoms. The van der Waals surface area contributed by atoms with Crippen LogP contribution >= 0.6 is 11.6 Å². The summed E-state index contributed by atoms with van der Waals surface area (Å²) in [5.41, 5.74) is 1.21. The summed E-state index contributed by atoms with van der Waals surface area (Å²) in [7, 11) is 3.06. The molecule has 1 amide bonds. The fraction of sp³-hybridized carbons (Fsp3) is 0.278. The predicted molar refractivity (Wildman–Crippen MR) is 98.8 cm³/mol. The van der Waals surface area contributed by atoms with Gasteiger partial charge in [0.2, 0.25) is 12.7 Å². The number of nitrogens with one attached hydrogen (secondary N) is 2. The second-order valence-corrected chi connectivity index (χ2v) is 6.02. The number of carbonyl (C=O) groups excluding carboxylic acids is 1. The maximum absolute atomic E-state index is 12.5. The Kier molecular flexibility index (Phi) is 5.27. The van der Waals surface area contributed by atoms with Crippen molar-refractivity contribution in [3.8, 4) is 23.0 Å². The van der Waals surface area contributed by atoms with E-state index in [0.717, 1.165) is 0 Å². The van der Waals surface area contributed by atoms with Crippen molar-refractivity contribution in [1.82, 2.24) is 0 Å². The van der Waals surface area contributed by atoms with Crippen molar-refractivity contribution < 1.29 is 23.7 Å². The molecule has 0 spiro atoms. The van der Waals surface area contributed by atoms with Crippen LogP contribution in [0.3, 0.4) is 0 Å². The molecule has 1 aliphatic rings. The number of hydrogen-bond acceptors (Lipinski definition) is 6. The largest absolute Gasteiger partial charge is 0.495 e. The van der Waals surface area contributed by atoms with Crippen LogP contribution in [-0.4, -0.2) is 33.0 Å². The summed E-state index contributed by atoms with van der Waals surface area (Å²) in [6, 6.07) is 8.00. The molecule has 0 bridgehead atoms. The van der Waals surface area contributed by atoms with Gasteiger partial charge in [0.15, 0.2) is 11.5 Å². The second kappa shape index (κ2) is 7.61. The Hall–Kier alpha value is -2.80. The lowest BCUT2D eigenvalue weighted by molar-refractivity contribution is -0.116. The third-order valence-electron chi connectivity index (χ3n) is 3.88.